The van der Waals surface area contributed by atoms with Gasteiger partial charge in [0, 0.05) is 19.1 Å². The van der Waals surface area contributed by atoms with Crippen LogP contribution < -0.4 is 5.32 Å². The fourth-order valence-electron chi connectivity index (χ4n) is 2.83. The second-order valence-electron chi connectivity index (χ2n) is 6.46. The maximum atomic E-state index is 12.0. The monoisotopic (exact) mass is 284 g/mol. The van der Waals surface area contributed by atoms with Crippen LogP contribution in [-0.2, 0) is 14.3 Å². The number of nitrogens with zero attached hydrogens (tertiary/aromatic N) is 1. The van der Waals surface area contributed by atoms with E-state index in [2.05, 4.69) is 5.32 Å². The van der Waals surface area contributed by atoms with Crippen LogP contribution in [0.5, 0.6) is 0 Å². The molecular weight excluding hydrogens is 260 g/mol. The van der Waals surface area contributed by atoms with Crippen LogP contribution in [0.25, 0.3) is 0 Å². The Balaban J connectivity index is 1.85. The molecule has 2 aliphatic heterocycles. The first kappa shape index (κ1) is 15.1. The summed E-state index contributed by atoms with van der Waals surface area (Å²) in [5.41, 5.74) is -0.465. The highest BCUT2D eigenvalue weighted by atomic mass is 16.6. The predicted octanol–water partition coefficient (Wildman–Crippen LogP) is 1.15. The molecule has 3 atom stereocenters. The summed E-state index contributed by atoms with van der Waals surface area (Å²) >= 11 is 0. The molecule has 1 amide bonds. The van der Waals surface area contributed by atoms with Gasteiger partial charge in [-0.05, 0) is 40.0 Å². The first-order valence-corrected chi connectivity index (χ1v) is 7.20. The Morgan fingerprint density at radius 1 is 1.30 bits per heavy atom. The number of carbonyl (C=O) groups excluding carboxylic acids is 2. The Bertz CT molecular complexity index is 377. The fourth-order valence-corrected chi connectivity index (χ4v) is 2.83. The summed E-state index contributed by atoms with van der Waals surface area (Å²) in [5.74, 6) is 0.103. The van der Waals surface area contributed by atoms with E-state index in [1.165, 1.54) is 0 Å². The van der Waals surface area contributed by atoms with Gasteiger partial charge in [0.25, 0.3) is 0 Å². The number of rotatable bonds is 2. The third-order valence-corrected chi connectivity index (χ3v) is 3.61. The molecule has 0 aromatic heterocycles. The Hall–Kier alpha value is -1.30. The standard InChI is InChI=1S/C14H24N2O4/c1-5-19-13(18)16-7-9-6-10(15-11(9)8-16)12(17)20-14(2,3)4/h9-11,15H,5-8H2,1-4H3. The molecule has 0 aromatic carbocycles. The van der Waals surface area contributed by atoms with Crippen molar-refractivity contribution in [3.63, 3.8) is 0 Å². The van der Waals surface area contributed by atoms with Crippen LogP contribution in [0.1, 0.15) is 34.1 Å². The van der Waals surface area contributed by atoms with E-state index < -0.39 is 5.60 Å². The van der Waals surface area contributed by atoms with Crippen LogP contribution in [-0.4, -0.2) is 54.3 Å². The molecule has 2 rings (SSSR count). The molecule has 114 valence electrons. The van der Waals surface area contributed by atoms with E-state index in [1.54, 1.807) is 11.8 Å². The van der Waals surface area contributed by atoms with Gasteiger partial charge in [0.2, 0.25) is 0 Å². The Labute approximate surface area is 119 Å². The van der Waals surface area contributed by atoms with E-state index in [-0.39, 0.29) is 24.1 Å². The Morgan fingerprint density at radius 3 is 2.55 bits per heavy atom. The van der Waals surface area contributed by atoms with E-state index in [0.717, 1.165) is 6.42 Å². The van der Waals surface area contributed by atoms with Crippen molar-refractivity contribution in [2.45, 2.75) is 51.8 Å². The van der Waals surface area contributed by atoms with Crippen molar-refractivity contribution in [1.82, 2.24) is 10.2 Å². The molecule has 0 radical (unpaired) electrons. The molecule has 2 fully saturated rings. The first-order chi connectivity index (χ1) is 9.30. The van der Waals surface area contributed by atoms with Gasteiger partial charge in [-0.3, -0.25) is 10.1 Å². The number of nitrogens with one attached hydrogen (secondary N) is 1. The van der Waals surface area contributed by atoms with Crippen molar-refractivity contribution in [3.8, 4) is 0 Å². The lowest BCUT2D eigenvalue weighted by atomic mass is 10.0. The fraction of sp³-hybridized carbons (Fsp3) is 0.857. The largest absolute Gasteiger partial charge is 0.459 e. The highest BCUT2D eigenvalue weighted by Crippen LogP contribution is 2.29. The minimum atomic E-state index is -0.465. The predicted molar refractivity (Wildman–Crippen MR) is 73.3 cm³/mol. The summed E-state index contributed by atoms with van der Waals surface area (Å²) in [6.07, 6.45) is 0.452. The average molecular weight is 284 g/mol. The van der Waals surface area contributed by atoms with Crippen molar-refractivity contribution < 1.29 is 19.1 Å². The summed E-state index contributed by atoms with van der Waals surface area (Å²) in [7, 11) is 0. The van der Waals surface area contributed by atoms with E-state index in [9.17, 15) is 9.59 Å². The zero-order valence-corrected chi connectivity index (χ0v) is 12.6. The van der Waals surface area contributed by atoms with Gasteiger partial charge in [0.1, 0.15) is 11.6 Å². The van der Waals surface area contributed by atoms with E-state index in [4.69, 9.17) is 9.47 Å². The molecule has 20 heavy (non-hydrogen) atoms. The van der Waals surface area contributed by atoms with Crippen LogP contribution in [0.2, 0.25) is 0 Å². The molecule has 0 aromatic rings. The second-order valence-corrected chi connectivity index (χ2v) is 6.46. The number of fused-ring (bicyclic) bond motifs is 1. The zero-order chi connectivity index (χ0) is 14.9. The molecule has 3 unspecified atom stereocenters. The van der Waals surface area contributed by atoms with Gasteiger partial charge in [-0.2, -0.15) is 0 Å². The van der Waals surface area contributed by atoms with Crippen molar-refractivity contribution in [2.75, 3.05) is 19.7 Å². The van der Waals surface area contributed by atoms with E-state index in [1.807, 2.05) is 20.8 Å². The second kappa shape index (κ2) is 5.60. The summed E-state index contributed by atoms with van der Waals surface area (Å²) in [5, 5.41) is 3.28. The zero-order valence-electron chi connectivity index (χ0n) is 12.6. The number of likely N-dealkylation sites (tertiary alicyclic amines) is 1. The number of ether oxygens (including phenoxy) is 2. The van der Waals surface area contributed by atoms with Gasteiger partial charge in [0.05, 0.1) is 6.61 Å². The normalized spacial score (nSPS) is 29.2. The van der Waals surface area contributed by atoms with Crippen LogP contribution in [0.4, 0.5) is 4.79 Å². The maximum Gasteiger partial charge on any atom is 0.409 e. The van der Waals surface area contributed by atoms with Crippen LogP contribution >= 0.6 is 0 Å². The van der Waals surface area contributed by atoms with Gasteiger partial charge in [0.15, 0.2) is 0 Å². The highest BCUT2D eigenvalue weighted by Gasteiger charge is 2.45. The van der Waals surface area contributed by atoms with Gasteiger partial charge >= 0.3 is 12.1 Å². The van der Waals surface area contributed by atoms with Gasteiger partial charge in [-0.15, -0.1) is 0 Å². The molecule has 6 nitrogen and oxygen atoms in total. The molecular formula is C14H24N2O4. The minimum Gasteiger partial charge on any atom is -0.459 e. The molecule has 0 aliphatic carbocycles. The number of esters is 1. The third-order valence-electron chi connectivity index (χ3n) is 3.61. The number of hydrogen-bond donors (Lipinski definition) is 1. The SMILES string of the molecule is CCOC(=O)N1CC2CC(C(=O)OC(C)(C)C)NC2C1. The van der Waals surface area contributed by atoms with E-state index >= 15 is 0 Å². The topological polar surface area (TPSA) is 67.9 Å². The molecule has 1 N–H and O–H groups in total. The maximum absolute atomic E-state index is 12.0. The summed E-state index contributed by atoms with van der Waals surface area (Å²) in [6.45, 7) is 9.03. The number of carbonyl (C=O) groups is 2. The van der Waals surface area contributed by atoms with Crippen molar-refractivity contribution in [1.29, 1.82) is 0 Å². The summed E-state index contributed by atoms with van der Waals surface area (Å²) < 4.78 is 10.4. The van der Waals surface area contributed by atoms with Gasteiger partial charge < -0.3 is 14.4 Å². The van der Waals surface area contributed by atoms with Crippen LogP contribution in [0, 0.1) is 5.92 Å². The van der Waals surface area contributed by atoms with Gasteiger partial charge in [-0.25, -0.2) is 4.79 Å². The molecule has 2 saturated heterocycles. The Kier molecular flexibility index (Phi) is 4.22. The summed E-state index contributed by atoms with van der Waals surface area (Å²) in [4.78, 5) is 25.4. The molecule has 6 heteroatoms. The van der Waals surface area contributed by atoms with E-state index in [0.29, 0.717) is 25.6 Å². The minimum absolute atomic E-state index is 0.164. The van der Waals surface area contributed by atoms with Crippen molar-refractivity contribution >= 4 is 12.1 Å². The first-order valence-electron chi connectivity index (χ1n) is 7.20. The lowest BCUT2D eigenvalue weighted by molar-refractivity contribution is -0.157. The Morgan fingerprint density at radius 2 is 2.00 bits per heavy atom. The average Bonchev–Trinajstić information content (AvgIpc) is 2.83. The van der Waals surface area contributed by atoms with Crippen molar-refractivity contribution in [2.24, 2.45) is 5.92 Å². The van der Waals surface area contributed by atoms with Crippen LogP contribution in [0.15, 0.2) is 0 Å². The van der Waals surface area contributed by atoms with Gasteiger partial charge in [-0.1, -0.05) is 0 Å². The van der Waals surface area contributed by atoms with Crippen LogP contribution in [0.3, 0.4) is 0 Å². The number of amides is 1. The summed E-state index contributed by atoms with van der Waals surface area (Å²) in [6, 6.07) is -0.0921. The molecule has 2 aliphatic rings. The highest BCUT2D eigenvalue weighted by molar-refractivity contribution is 5.77. The van der Waals surface area contributed by atoms with Crippen molar-refractivity contribution in [3.05, 3.63) is 0 Å². The quantitative estimate of drug-likeness (QED) is 0.770. The lowest BCUT2D eigenvalue weighted by Crippen LogP contribution is -2.43. The molecule has 2 heterocycles. The third kappa shape index (κ3) is 3.42. The molecule has 0 bridgehead atoms. The molecule has 0 saturated carbocycles. The lowest BCUT2D eigenvalue weighted by Gasteiger charge is -2.23. The smallest absolute Gasteiger partial charge is 0.409 e. The number of hydrogen-bond acceptors (Lipinski definition) is 5. The molecule has 0 spiro atoms.